The fourth-order valence-corrected chi connectivity index (χ4v) is 3.52. The summed E-state index contributed by atoms with van der Waals surface area (Å²) in [4.78, 5) is 49.5. The highest BCUT2D eigenvalue weighted by molar-refractivity contribution is 6.09. The van der Waals surface area contributed by atoms with Crippen LogP contribution in [-0.4, -0.2) is 39.6 Å². The van der Waals surface area contributed by atoms with Crippen molar-refractivity contribution in [2.24, 2.45) is 0 Å². The molecule has 0 spiro atoms. The van der Waals surface area contributed by atoms with Crippen molar-refractivity contribution in [3.05, 3.63) is 58.4 Å². The highest BCUT2D eigenvalue weighted by Crippen LogP contribution is 2.28. The number of aromatic amines is 1. The van der Waals surface area contributed by atoms with E-state index in [-0.39, 0.29) is 23.2 Å². The first kappa shape index (κ1) is 25.3. The molecule has 3 rings (SSSR count). The van der Waals surface area contributed by atoms with E-state index in [0.29, 0.717) is 30.2 Å². The van der Waals surface area contributed by atoms with E-state index in [1.807, 2.05) is 0 Å². The SMILES string of the molecule is CC(=O)Nc1ccc2c(O)c(C(=O)Nc3ccc(OCCCCCCC(=O)O)cc3)c(=O)[nH]c2c1. The summed E-state index contributed by atoms with van der Waals surface area (Å²) >= 11 is 0. The number of nitrogens with one attached hydrogen (secondary N) is 3. The van der Waals surface area contributed by atoms with Crippen LogP contribution >= 0.6 is 0 Å². The summed E-state index contributed by atoms with van der Waals surface area (Å²) in [6.45, 7) is 1.84. The monoisotopic (exact) mass is 481 g/mol. The number of anilines is 2. The van der Waals surface area contributed by atoms with Crippen molar-refractivity contribution in [1.29, 1.82) is 0 Å². The van der Waals surface area contributed by atoms with Gasteiger partial charge >= 0.3 is 5.97 Å². The lowest BCUT2D eigenvalue weighted by Crippen LogP contribution is -2.23. The van der Waals surface area contributed by atoms with Gasteiger partial charge < -0.3 is 30.6 Å². The summed E-state index contributed by atoms with van der Waals surface area (Å²) in [6, 6.07) is 11.1. The number of carboxylic acids is 1. The largest absolute Gasteiger partial charge is 0.506 e. The molecule has 1 aromatic heterocycles. The molecule has 2 aromatic carbocycles. The second-order valence-corrected chi connectivity index (χ2v) is 8.00. The van der Waals surface area contributed by atoms with Crippen molar-refractivity contribution in [3.63, 3.8) is 0 Å². The van der Waals surface area contributed by atoms with Crippen LogP contribution in [0.3, 0.4) is 0 Å². The number of carbonyl (C=O) groups is 3. The number of aromatic nitrogens is 1. The summed E-state index contributed by atoms with van der Waals surface area (Å²) in [7, 11) is 0. The first-order chi connectivity index (χ1) is 16.7. The molecule has 35 heavy (non-hydrogen) atoms. The van der Waals surface area contributed by atoms with Crippen molar-refractivity contribution in [2.75, 3.05) is 17.2 Å². The molecule has 2 amide bonds. The van der Waals surface area contributed by atoms with Crippen LogP contribution in [0.25, 0.3) is 10.9 Å². The average molecular weight is 482 g/mol. The van der Waals surface area contributed by atoms with Crippen molar-refractivity contribution in [3.8, 4) is 11.5 Å². The van der Waals surface area contributed by atoms with Gasteiger partial charge in [-0.25, -0.2) is 0 Å². The smallest absolute Gasteiger partial charge is 0.303 e. The predicted molar refractivity (Wildman–Crippen MR) is 131 cm³/mol. The van der Waals surface area contributed by atoms with E-state index in [1.165, 1.54) is 19.1 Å². The van der Waals surface area contributed by atoms with Crippen LogP contribution in [0.5, 0.6) is 11.5 Å². The number of H-pyrrole nitrogens is 1. The quantitative estimate of drug-likeness (QED) is 0.260. The highest BCUT2D eigenvalue weighted by atomic mass is 16.5. The Hall–Kier alpha value is -4.34. The fraction of sp³-hybridized carbons (Fsp3) is 0.280. The van der Waals surface area contributed by atoms with E-state index >= 15 is 0 Å². The van der Waals surface area contributed by atoms with Crippen molar-refractivity contribution < 1.29 is 29.3 Å². The van der Waals surface area contributed by atoms with Gasteiger partial charge in [0.25, 0.3) is 11.5 Å². The molecule has 0 saturated carbocycles. The zero-order chi connectivity index (χ0) is 25.4. The van der Waals surface area contributed by atoms with Crippen LogP contribution in [0, 0.1) is 0 Å². The minimum absolute atomic E-state index is 0.177. The van der Waals surface area contributed by atoms with Crippen molar-refractivity contribution in [1.82, 2.24) is 4.98 Å². The third kappa shape index (κ3) is 7.07. The van der Waals surface area contributed by atoms with Crippen LogP contribution in [-0.2, 0) is 9.59 Å². The lowest BCUT2D eigenvalue weighted by molar-refractivity contribution is -0.137. The summed E-state index contributed by atoms with van der Waals surface area (Å²) in [5, 5.41) is 24.6. The lowest BCUT2D eigenvalue weighted by Gasteiger charge is -2.11. The molecule has 0 bridgehead atoms. The first-order valence-corrected chi connectivity index (χ1v) is 11.2. The van der Waals surface area contributed by atoms with Gasteiger partial charge in [-0.1, -0.05) is 12.8 Å². The third-order valence-electron chi connectivity index (χ3n) is 5.20. The Morgan fingerprint density at radius 1 is 0.943 bits per heavy atom. The number of carboxylic acid groups (broad SMARTS) is 1. The number of carbonyl (C=O) groups excluding carboxylic acids is 2. The summed E-state index contributed by atoms with van der Waals surface area (Å²) in [5.74, 6) is -1.69. The zero-order valence-corrected chi connectivity index (χ0v) is 19.2. The number of aliphatic carboxylic acids is 1. The Morgan fingerprint density at radius 2 is 1.63 bits per heavy atom. The number of pyridine rings is 1. The molecule has 3 aromatic rings. The second-order valence-electron chi connectivity index (χ2n) is 8.00. The Kier molecular flexibility index (Phi) is 8.44. The lowest BCUT2D eigenvalue weighted by atomic mass is 10.1. The van der Waals surface area contributed by atoms with Crippen LogP contribution in [0.15, 0.2) is 47.3 Å². The number of amides is 2. The molecule has 5 N–H and O–H groups in total. The number of rotatable bonds is 11. The topological polar surface area (TPSA) is 158 Å². The molecule has 0 saturated heterocycles. The maximum atomic E-state index is 12.7. The van der Waals surface area contributed by atoms with Gasteiger partial charge in [0, 0.05) is 30.1 Å². The van der Waals surface area contributed by atoms with E-state index in [9.17, 15) is 24.3 Å². The van der Waals surface area contributed by atoms with Crippen molar-refractivity contribution in [2.45, 2.75) is 39.0 Å². The number of unbranched alkanes of at least 4 members (excludes halogenated alkanes) is 3. The maximum absolute atomic E-state index is 12.7. The molecule has 0 atom stereocenters. The number of aromatic hydroxyl groups is 1. The van der Waals surface area contributed by atoms with Gasteiger partial charge in [-0.2, -0.15) is 0 Å². The van der Waals surface area contributed by atoms with Crippen LogP contribution in [0.2, 0.25) is 0 Å². The van der Waals surface area contributed by atoms with E-state index in [0.717, 1.165) is 19.3 Å². The van der Waals surface area contributed by atoms with Gasteiger partial charge in [0.1, 0.15) is 17.1 Å². The Bertz CT molecular complexity index is 1280. The van der Waals surface area contributed by atoms with Crippen LogP contribution in [0.4, 0.5) is 11.4 Å². The van der Waals surface area contributed by atoms with Gasteiger partial charge in [0.2, 0.25) is 5.91 Å². The normalized spacial score (nSPS) is 10.7. The van der Waals surface area contributed by atoms with Crippen molar-refractivity contribution >= 4 is 40.1 Å². The summed E-state index contributed by atoms with van der Waals surface area (Å²) < 4.78 is 5.65. The minimum atomic E-state index is -0.786. The molecule has 184 valence electrons. The molecule has 0 aliphatic carbocycles. The first-order valence-electron chi connectivity index (χ1n) is 11.2. The zero-order valence-electron chi connectivity index (χ0n) is 19.2. The molecule has 0 radical (unpaired) electrons. The molecule has 10 nitrogen and oxygen atoms in total. The Balaban J connectivity index is 1.60. The summed E-state index contributed by atoms with van der Waals surface area (Å²) in [5.41, 5.74) is -0.0591. The van der Waals surface area contributed by atoms with E-state index < -0.39 is 28.7 Å². The van der Waals surface area contributed by atoms with E-state index in [4.69, 9.17) is 9.84 Å². The van der Waals surface area contributed by atoms with Gasteiger partial charge in [0.15, 0.2) is 0 Å². The molecule has 0 fully saturated rings. The van der Waals surface area contributed by atoms with E-state index in [1.54, 1.807) is 30.3 Å². The van der Waals surface area contributed by atoms with Gasteiger partial charge in [-0.05, 0) is 55.3 Å². The standard InChI is InChI=1S/C25H27N3O7/c1-15(29)26-17-9-12-19-20(14-17)28-25(34)22(23(19)32)24(33)27-16-7-10-18(11-8-16)35-13-5-3-2-4-6-21(30)31/h7-12,14H,2-6,13H2,1H3,(H,26,29)(H,27,33)(H,30,31)(H2,28,32,34). The molecule has 1 heterocycles. The third-order valence-corrected chi connectivity index (χ3v) is 5.20. The molecule has 0 aliphatic rings. The second kappa shape index (κ2) is 11.7. The Labute approximate surface area is 200 Å². The molecule has 0 aliphatic heterocycles. The number of benzene rings is 2. The molecular formula is C25H27N3O7. The number of hydrogen-bond donors (Lipinski definition) is 5. The van der Waals surface area contributed by atoms with E-state index in [2.05, 4.69) is 15.6 Å². The predicted octanol–water partition coefficient (Wildman–Crippen LogP) is 3.86. The molecule has 0 unspecified atom stereocenters. The summed E-state index contributed by atoms with van der Waals surface area (Å²) in [6.07, 6.45) is 3.33. The number of hydrogen-bond acceptors (Lipinski definition) is 6. The van der Waals surface area contributed by atoms with Gasteiger partial charge in [-0.15, -0.1) is 0 Å². The van der Waals surface area contributed by atoms with Crippen LogP contribution < -0.4 is 20.9 Å². The Morgan fingerprint density at radius 3 is 2.31 bits per heavy atom. The van der Waals surface area contributed by atoms with Gasteiger partial charge in [0.05, 0.1) is 12.1 Å². The minimum Gasteiger partial charge on any atom is -0.506 e. The highest BCUT2D eigenvalue weighted by Gasteiger charge is 2.19. The maximum Gasteiger partial charge on any atom is 0.303 e. The molecular weight excluding hydrogens is 454 g/mol. The average Bonchev–Trinajstić information content (AvgIpc) is 2.78. The van der Waals surface area contributed by atoms with Crippen LogP contribution in [0.1, 0.15) is 49.4 Å². The number of fused-ring (bicyclic) bond motifs is 1. The number of ether oxygens (including phenoxy) is 1. The fourth-order valence-electron chi connectivity index (χ4n) is 3.52. The molecule has 10 heteroatoms. The van der Waals surface area contributed by atoms with Gasteiger partial charge in [-0.3, -0.25) is 19.2 Å².